The molecule has 2 aliphatic rings. The second-order valence-corrected chi connectivity index (χ2v) is 8.64. The quantitative estimate of drug-likeness (QED) is 0.768. The molecule has 2 heteroatoms. The first-order chi connectivity index (χ1) is 9.64. The highest BCUT2D eigenvalue weighted by Gasteiger charge is 2.33. The molecular formula is C18H29NS. The van der Waals surface area contributed by atoms with Crippen LogP contribution in [0.5, 0.6) is 0 Å². The van der Waals surface area contributed by atoms with Gasteiger partial charge in [0.05, 0.1) is 0 Å². The molecule has 2 atom stereocenters. The van der Waals surface area contributed by atoms with E-state index in [0.717, 1.165) is 12.0 Å². The van der Waals surface area contributed by atoms with Gasteiger partial charge in [0.2, 0.25) is 0 Å². The molecule has 0 aliphatic heterocycles. The number of hydrogen-bond acceptors (Lipinski definition) is 2. The highest BCUT2D eigenvalue weighted by Crippen LogP contribution is 2.40. The molecule has 1 aromatic heterocycles. The molecule has 112 valence electrons. The second kappa shape index (κ2) is 6.19. The van der Waals surface area contributed by atoms with E-state index in [1.54, 1.807) is 4.88 Å². The van der Waals surface area contributed by atoms with E-state index in [9.17, 15) is 0 Å². The molecule has 0 amide bonds. The third-order valence-corrected chi connectivity index (χ3v) is 6.30. The van der Waals surface area contributed by atoms with Crippen LogP contribution in [0.25, 0.3) is 0 Å². The first kappa shape index (κ1) is 14.6. The van der Waals surface area contributed by atoms with Crippen molar-refractivity contribution in [1.29, 1.82) is 0 Å². The van der Waals surface area contributed by atoms with Gasteiger partial charge in [0.25, 0.3) is 0 Å². The van der Waals surface area contributed by atoms with Crippen molar-refractivity contribution in [1.82, 2.24) is 5.32 Å². The fraction of sp³-hybridized carbons (Fsp3) is 0.778. The molecule has 2 unspecified atom stereocenters. The average Bonchev–Trinajstić information content (AvgIpc) is 3.08. The van der Waals surface area contributed by atoms with Crippen LogP contribution < -0.4 is 5.32 Å². The van der Waals surface area contributed by atoms with Gasteiger partial charge in [-0.05, 0) is 54.9 Å². The molecule has 1 nitrogen and oxygen atoms in total. The van der Waals surface area contributed by atoms with Crippen molar-refractivity contribution in [2.75, 3.05) is 0 Å². The van der Waals surface area contributed by atoms with E-state index in [2.05, 4.69) is 36.7 Å². The number of hydrogen-bond donors (Lipinski definition) is 1. The monoisotopic (exact) mass is 291 g/mol. The summed E-state index contributed by atoms with van der Waals surface area (Å²) in [5.74, 6) is 0.874. The van der Waals surface area contributed by atoms with Crippen LogP contribution in [0.1, 0.15) is 76.1 Å². The lowest BCUT2D eigenvalue weighted by molar-refractivity contribution is 0.178. The lowest BCUT2D eigenvalue weighted by atomic mass is 9.75. The van der Waals surface area contributed by atoms with Crippen molar-refractivity contribution in [3.63, 3.8) is 0 Å². The molecule has 3 rings (SSSR count). The Balaban J connectivity index is 1.70. The van der Waals surface area contributed by atoms with Gasteiger partial charge in [-0.2, -0.15) is 0 Å². The minimum absolute atomic E-state index is 0.533. The predicted molar refractivity (Wildman–Crippen MR) is 88.2 cm³/mol. The summed E-state index contributed by atoms with van der Waals surface area (Å²) in [6.07, 6.45) is 11.2. The third kappa shape index (κ3) is 3.46. The molecule has 2 saturated carbocycles. The van der Waals surface area contributed by atoms with E-state index < -0.39 is 0 Å². The van der Waals surface area contributed by atoms with E-state index in [1.807, 2.05) is 11.3 Å². The van der Waals surface area contributed by atoms with Crippen molar-refractivity contribution < 1.29 is 0 Å². The third-order valence-electron chi connectivity index (χ3n) is 5.34. The molecule has 0 aromatic carbocycles. The summed E-state index contributed by atoms with van der Waals surface area (Å²) in [5, 5.41) is 6.31. The maximum absolute atomic E-state index is 4.07. The van der Waals surface area contributed by atoms with Gasteiger partial charge in [0.15, 0.2) is 0 Å². The molecular weight excluding hydrogens is 262 g/mol. The highest BCUT2D eigenvalue weighted by atomic mass is 32.1. The van der Waals surface area contributed by atoms with E-state index >= 15 is 0 Å². The Kier molecular flexibility index (Phi) is 4.52. The fourth-order valence-corrected chi connectivity index (χ4v) is 5.18. The fourth-order valence-electron chi connectivity index (χ4n) is 4.30. The van der Waals surface area contributed by atoms with Gasteiger partial charge in [0.1, 0.15) is 0 Å². The van der Waals surface area contributed by atoms with Crippen molar-refractivity contribution in [2.45, 2.75) is 77.3 Å². The Morgan fingerprint density at radius 3 is 2.65 bits per heavy atom. The number of rotatable bonds is 4. The van der Waals surface area contributed by atoms with Gasteiger partial charge >= 0.3 is 0 Å². The minimum atomic E-state index is 0.533. The lowest BCUT2D eigenvalue weighted by Crippen LogP contribution is -2.41. The highest BCUT2D eigenvalue weighted by molar-refractivity contribution is 7.10. The average molecular weight is 292 g/mol. The van der Waals surface area contributed by atoms with Gasteiger partial charge in [-0.15, -0.1) is 11.3 Å². The maximum atomic E-state index is 4.07. The largest absolute Gasteiger partial charge is 0.306 e. The maximum Gasteiger partial charge on any atom is 0.0445 e. The zero-order valence-corrected chi connectivity index (χ0v) is 13.8. The Morgan fingerprint density at radius 1 is 1.20 bits per heavy atom. The standard InChI is InChI=1S/C18H29NS/c1-18(2)11-5-9-15(13-18)19-17(14-7-3-4-8-14)16-10-6-12-20-16/h6,10,12,14-15,17,19H,3-5,7-9,11,13H2,1-2H3. The first-order valence-corrected chi connectivity index (χ1v) is 9.31. The lowest BCUT2D eigenvalue weighted by Gasteiger charge is -2.38. The first-order valence-electron chi connectivity index (χ1n) is 8.43. The SMILES string of the molecule is CC1(C)CCCC(NC(c2cccs2)C2CCCC2)C1. The van der Waals surface area contributed by atoms with Crippen LogP contribution in [-0.4, -0.2) is 6.04 Å². The van der Waals surface area contributed by atoms with Crippen molar-refractivity contribution >= 4 is 11.3 Å². The summed E-state index contributed by atoms with van der Waals surface area (Å²) in [6, 6.07) is 5.91. The Labute approximate surface area is 128 Å². The zero-order chi connectivity index (χ0) is 14.0. The van der Waals surface area contributed by atoms with Crippen LogP contribution in [0.2, 0.25) is 0 Å². The van der Waals surface area contributed by atoms with Gasteiger partial charge in [-0.1, -0.05) is 39.2 Å². The summed E-state index contributed by atoms with van der Waals surface area (Å²) < 4.78 is 0. The summed E-state index contributed by atoms with van der Waals surface area (Å²) in [6.45, 7) is 4.88. The van der Waals surface area contributed by atoms with E-state index in [1.165, 1.54) is 51.4 Å². The van der Waals surface area contributed by atoms with Crippen LogP contribution in [0.4, 0.5) is 0 Å². The van der Waals surface area contributed by atoms with E-state index in [-0.39, 0.29) is 0 Å². The van der Waals surface area contributed by atoms with Gasteiger partial charge < -0.3 is 5.32 Å². The van der Waals surface area contributed by atoms with Crippen molar-refractivity contribution in [3.8, 4) is 0 Å². The van der Waals surface area contributed by atoms with Crippen LogP contribution in [0, 0.1) is 11.3 Å². The molecule has 2 fully saturated rings. The molecule has 1 aromatic rings. The predicted octanol–water partition coefficient (Wildman–Crippen LogP) is 5.54. The minimum Gasteiger partial charge on any atom is -0.306 e. The van der Waals surface area contributed by atoms with Crippen LogP contribution >= 0.6 is 11.3 Å². The molecule has 20 heavy (non-hydrogen) atoms. The number of thiophene rings is 1. The molecule has 0 spiro atoms. The van der Waals surface area contributed by atoms with Crippen molar-refractivity contribution in [3.05, 3.63) is 22.4 Å². The van der Waals surface area contributed by atoms with Crippen LogP contribution in [-0.2, 0) is 0 Å². The second-order valence-electron chi connectivity index (χ2n) is 7.66. The molecule has 0 radical (unpaired) electrons. The zero-order valence-electron chi connectivity index (χ0n) is 13.0. The van der Waals surface area contributed by atoms with Crippen molar-refractivity contribution in [2.24, 2.45) is 11.3 Å². The normalized spacial score (nSPS) is 28.6. The molecule has 2 aliphatic carbocycles. The summed E-state index contributed by atoms with van der Waals surface area (Å²) in [7, 11) is 0. The van der Waals surface area contributed by atoms with Crippen LogP contribution in [0.3, 0.4) is 0 Å². The van der Waals surface area contributed by atoms with Gasteiger partial charge in [-0.25, -0.2) is 0 Å². The Morgan fingerprint density at radius 2 is 2.00 bits per heavy atom. The molecule has 1 heterocycles. The Bertz CT molecular complexity index is 403. The van der Waals surface area contributed by atoms with Crippen LogP contribution in [0.15, 0.2) is 17.5 Å². The topological polar surface area (TPSA) is 12.0 Å². The van der Waals surface area contributed by atoms with E-state index in [0.29, 0.717) is 11.5 Å². The summed E-state index contributed by atoms with van der Waals surface area (Å²) >= 11 is 1.94. The smallest absolute Gasteiger partial charge is 0.0445 e. The van der Waals surface area contributed by atoms with Gasteiger partial charge in [-0.3, -0.25) is 0 Å². The van der Waals surface area contributed by atoms with E-state index in [4.69, 9.17) is 0 Å². The Hall–Kier alpha value is -0.340. The summed E-state index contributed by atoms with van der Waals surface area (Å²) in [4.78, 5) is 1.57. The molecule has 1 N–H and O–H groups in total. The molecule has 0 saturated heterocycles. The molecule has 0 bridgehead atoms. The van der Waals surface area contributed by atoms with Gasteiger partial charge in [0, 0.05) is 17.0 Å². The number of nitrogens with one attached hydrogen (secondary N) is 1. The summed E-state index contributed by atoms with van der Waals surface area (Å²) in [5.41, 5.74) is 0.533.